The first-order chi connectivity index (χ1) is 9.75. The third-order valence-electron chi connectivity index (χ3n) is 2.24. The zero-order valence-corrected chi connectivity index (χ0v) is 12.1. The number of urea groups is 1. The molecular formula is C11H8ClF3N4OS. The van der Waals surface area contributed by atoms with Crippen LogP contribution in [0.1, 0.15) is 5.01 Å². The van der Waals surface area contributed by atoms with Crippen molar-refractivity contribution in [2.24, 2.45) is 12.0 Å². The Morgan fingerprint density at radius 1 is 1.38 bits per heavy atom. The minimum atomic E-state index is -4.57. The molecule has 2 amide bonds. The van der Waals surface area contributed by atoms with Crippen LogP contribution in [-0.2, 0) is 13.2 Å². The van der Waals surface area contributed by atoms with Crippen LogP contribution < -0.4 is 10.1 Å². The second kappa shape index (κ2) is 5.86. The first-order valence-electron chi connectivity index (χ1n) is 5.48. The van der Waals surface area contributed by atoms with E-state index in [-0.39, 0.29) is 16.1 Å². The van der Waals surface area contributed by atoms with Gasteiger partial charge < -0.3 is 5.32 Å². The molecule has 0 unspecified atom stereocenters. The summed E-state index contributed by atoms with van der Waals surface area (Å²) in [5.74, 6) is 0. The van der Waals surface area contributed by atoms with Crippen LogP contribution in [0.2, 0.25) is 5.02 Å². The topological polar surface area (TPSA) is 59.3 Å². The number of rotatable bonds is 1. The molecule has 2 aromatic rings. The van der Waals surface area contributed by atoms with Crippen LogP contribution in [0.5, 0.6) is 0 Å². The SMILES string of the molecule is Cn1nc(C(F)(F)F)s/c1=N\C(=O)Nc1ccc(Cl)cc1. The zero-order valence-electron chi connectivity index (χ0n) is 10.5. The van der Waals surface area contributed by atoms with E-state index in [2.05, 4.69) is 15.4 Å². The van der Waals surface area contributed by atoms with Gasteiger partial charge in [0.2, 0.25) is 9.81 Å². The van der Waals surface area contributed by atoms with Crippen molar-refractivity contribution < 1.29 is 18.0 Å². The van der Waals surface area contributed by atoms with Gasteiger partial charge in [0.05, 0.1) is 0 Å². The Balaban J connectivity index is 2.21. The molecule has 0 saturated heterocycles. The average molecular weight is 337 g/mol. The summed E-state index contributed by atoms with van der Waals surface area (Å²) in [6, 6.07) is 5.41. The van der Waals surface area contributed by atoms with E-state index in [1.807, 2.05) is 0 Å². The first-order valence-corrected chi connectivity index (χ1v) is 6.68. The lowest BCUT2D eigenvalue weighted by Crippen LogP contribution is -2.17. The highest BCUT2D eigenvalue weighted by molar-refractivity contribution is 7.09. The van der Waals surface area contributed by atoms with Crippen LogP contribution in [0.3, 0.4) is 0 Å². The molecule has 0 aliphatic carbocycles. The highest BCUT2D eigenvalue weighted by Crippen LogP contribution is 2.28. The van der Waals surface area contributed by atoms with Gasteiger partial charge in [-0.25, -0.2) is 9.48 Å². The predicted molar refractivity (Wildman–Crippen MR) is 72.1 cm³/mol. The summed E-state index contributed by atoms with van der Waals surface area (Å²) in [7, 11) is 1.28. The molecule has 1 aromatic carbocycles. The largest absolute Gasteiger partial charge is 0.445 e. The molecule has 1 N–H and O–H groups in total. The molecule has 10 heteroatoms. The number of hydrogen-bond donors (Lipinski definition) is 1. The summed E-state index contributed by atoms with van der Waals surface area (Å²) < 4.78 is 38.3. The van der Waals surface area contributed by atoms with Crippen LogP contribution >= 0.6 is 22.9 Å². The number of carbonyl (C=O) groups excluding carboxylic acids is 1. The lowest BCUT2D eigenvalue weighted by molar-refractivity contribution is -0.138. The van der Waals surface area contributed by atoms with Gasteiger partial charge in [0.1, 0.15) is 0 Å². The monoisotopic (exact) mass is 336 g/mol. The van der Waals surface area contributed by atoms with Gasteiger partial charge in [0, 0.05) is 17.8 Å². The number of amides is 2. The summed E-state index contributed by atoms with van der Waals surface area (Å²) >= 11 is 5.98. The Labute approximate surface area is 125 Å². The fourth-order valence-corrected chi connectivity index (χ4v) is 2.21. The minimum absolute atomic E-state index is 0.159. The Hall–Kier alpha value is -1.87. The van der Waals surface area contributed by atoms with Crippen LogP contribution in [0, 0.1) is 0 Å². The maximum atomic E-state index is 12.5. The summed E-state index contributed by atoms with van der Waals surface area (Å²) in [6.45, 7) is 0. The van der Waals surface area contributed by atoms with Gasteiger partial charge in [-0.3, -0.25) is 0 Å². The number of benzene rings is 1. The zero-order chi connectivity index (χ0) is 15.6. The Morgan fingerprint density at radius 2 is 2.00 bits per heavy atom. The van der Waals surface area contributed by atoms with E-state index >= 15 is 0 Å². The number of nitrogens with zero attached hydrogens (tertiary/aromatic N) is 3. The molecule has 0 atom stereocenters. The van der Waals surface area contributed by atoms with Crippen molar-refractivity contribution in [3.63, 3.8) is 0 Å². The molecule has 0 saturated carbocycles. The second-order valence-electron chi connectivity index (χ2n) is 3.86. The van der Waals surface area contributed by atoms with E-state index in [0.29, 0.717) is 10.7 Å². The fraction of sp³-hybridized carbons (Fsp3) is 0.182. The van der Waals surface area contributed by atoms with E-state index in [9.17, 15) is 18.0 Å². The van der Waals surface area contributed by atoms with E-state index in [4.69, 9.17) is 11.6 Å². The summed E-state index contributed by atoms with van der Waals surface area (Å²) in [5, 5.41) is 5.11. The number of anilines is 1. The predicted octanol–water partition coefficient (Wildman–Crippen LogP) is 3.29. The molecule has 0 radical (unpaired) electrons. The van der Waals surface area contributed by atoms with Crippen LogP contribution in [0.15, 0.2) is 29.3 Å². The summed E-state index contributed by atoms with van der Waals surface area (Å²) in [5.41, 5.74) is 0.427. The van der Waals surface area contributed by atoms with Gasteiger partial charge in [-0.15, -0.1) is 0 Å². The van der Waals surface area contributed by atoms with Crippen molar-refractivity contribution in [1.82, 2.24) is 9.78 Å². The van der Waals surface area contributed by atoms with Crippen molar-refractivity contribution in [3.05, 3.63) is 39.1 Å². The molecule has 5 nitrogen and oxygen atoms in total. The summed E-state index contributed by atoms with van der Waals surface area (Å²) in [4.78, 5) is 15.0. The summed E-state index contributed by atoms with van der Waals surface area (Å²) in [6.07, 6.45) is -4.57. The smallest absolute Gasteiger partial charge is 0.306 e. The first kappa shape index (κ1) is 15.5. The van der Waals surface area contributed by atoms with Gasteiger partial charge in [-0.1, -0.05) is 22.9 Å². The number of halogens is 4. The highest BCUT2D eigenvalue weighted by Gasteiger charge is 2.35. The molecule has 1 heterocycles. The van der Waals surface area contributed by atoms with Crippen molar-refractivity contribution in [2.45, 2.75) is 6.18 Å². The molecule has 1 aromatic heterocycles. The Kier molecular flexibility index (Phi) is 4.33. The normalized spacial score (nSPS) is 12.5. The molecule has 0 aliphatic heterocycles. The minimum Gasteiger partial charge on any atom is -0.306 e. The maximum absolute atomic E-state index is 12.5. The van der Waals surface area contributed by atoms with Crippen LogP contribution in [-0.4, -0.2) is 15.8 Å². The van der Waals surface area contributed by atoms with Gasteiger partial charge >= 0.3 is 12.2 Å². The number of aryl methyl sites for hydroxylation is 1. The van der Waals surface area contributed by atoms with E-state index in [1.165, 1.54) is 7.05 Å². The molecular weight excluding hydrogens is 329 g/mol. The van der Waals surface area contributed by atoms with E-state index in [1.54, 1.807) is 24.3 Å². The van der Waals surface area contributed by atoms with Crippen LogP contribution in [0.4, 0.5) is 23.7 Å². The lowest BCUT2D eigenvalue weighted by atomic mass is 10.3. The number of aromatic nitrogens is 2. The molecule has 112 valence electrons. The third-order valence-corrected chi connectivity index (χ3v) is 3.54. The molecule has 2 rings (SSSR count). The Morgan fingerprint density at radius 3 is 2.52 bits per heavy atom. The molecule has 21 heavy (non-hydrogen) atoms. The third kappa shape index (κ3) is 4.05. The maximum Gasteiger partial charge on any atom is 0.445 e. The quantitative estimate of drug-likeness (QED) is 0.868. The van der Waals surface area contributed by atoms with Crippen molar-refractivity contribution in [3.8, 4) is 0 Å². The molecule has 0 bridgehead atoms. The van der Waals surface area contributed by atoms with Gasteiger partial charge in [0.25, 0.3) is 0 Å². The highest BCUT2D eigenvalue weighted by atomic mass is 35.5. The van der Waals surface area contributed by atoms with Crippen molar-refractivity contribution >= 4 is 34.7 Å². The van der Waals surface area contributed by atoms with E-state index < -0.39 is 17.2 Å². The Bertz CT molecular complexity index is 720. The number of carbonyl (C=O) groups is 1. The molecule has 0 spiro atoms. The van der Waals surface area contributed by atoms with Crippen LogP contribution in [0.25, 0.3) is 0 Å². The second-order valence-corrected chi connectivity index (χ2v) is 5.25. The number of hydrogen-bond acceptors (Lipinski definition) is 3. The lowest BCUT2D eigenvalue weighted by Gasteiger charge is -2.00. The molecule has 0 aliphatic rings. The van der Waals surface area contributed by atoms with Gasteiger partial charge in [0.15, 0.2) is 0 Å². The van der Waals surface area contributed by atoms with Crippen molar-refractivity contribution in [1.29, 1.82) is 0 Å². The van der Waals surface area contributed by atoms with Gasteiger partial charge in [-0.2, -0.15) is 23.3 Å². The van der Waals surface area contributed by atoms with Gasteiger partial charge in [-0.05, 0) is 24.3 Å². The number of nitrogens with one attached hydrogen (secondary N) is 1. The molecule has 0 fully saturated rings. The average Bonchev–Trinajstić information content (AvgIpc) is 2.74. The number of alkyl halides is 3. The fourth-order valence-electron chi connectivity index (χ4n) is 1.33. The van der Waals surface area contributed by atoms with E-state index in [0.717, 1.165) is 4.68 Å². The standard InChI is InChI=1S/C11H8ClF3N4OS/c1-19-10(21-8(18-19)11(13,14)15)17-9(20)16-7-4-2-6(12)3-5-7/h2-5H,1H3,(H,16,20)/b17-10-. The van der Waals surface area contributed by atoms with Crippen molar-refractivity contribution in [2.75, 3.05) is 5.32 Å².